The van der Waals surface area contributed by atoms with Crippen molar-refractivity contribution in [1.82, 2.24) is 15.1 Å². The molecule has 1 heterocycles. The van der Waals surface area contributed by atoms with E-state index in [9.17, 15) is 13.2 Å². The van der Waals surface area contributed by atoms with E-state index >= 15 is 0 Å². The van der Waals surface area contributed by atoms with Gasteiger partial charge in [0.25, 0.3) is 0 Å². The predicted molar refractivity (Wildman–Crippen MR) is 51.8 cm³/mol. The molecular weight excluding hydrogens is 223 g/mol. The molecule has 0 spiro atoms. The second-order valence-electron chi connectivity index (χ2n) is 3.32. The maximum absolute atomic E-state index is 11.6. The molecule has 1 N–H and O–H groups in total. The van der Waals surface area contributed by atoms with Gasteiger partial charge in [-0.15, -0.1) is 13.2 Å². The molecule has 0 bridgehead atoms. The Labute approximate surface area is 91.4 Å². The average Bonchev–Trinajstić information content (AvgIpc) is 2.56. The monoisotopic (exact) mass is 237 g/mol. The molecule has 0 aliphatic heterocycles. The van der Waals surface area contributed by atoms with Crippen LogP contribution in [-0.4, -0.2) is 35.8 Å². The lowest BCUT2D eigenvalue weighted by Crippen LogP contribution is -2.27. The average molecular weight is 237 g/mol. The fourth-order valence-electron chi connectivity index (χ4n) is 1.15. The van der Waals surface area contributed by atoms with E-state index in [1.807, 2.05) is 13.1 Å². The summed E-state index contributed by atoms with van der Waals surface area (Å²) >= 11 is 0. The van der Waals surface area contributed by atoms with Gasteiger partial charge < -0.3 is 5.32 Å². The predicted octanol–water partition coefficient (Wildman–Crippen LogP) is 1.32. The molecule has 0 radical (unpaired) electrons. The number of aromatic nitrogens is 2. The van der Waals surface area contributed by atoms with Crippen molar-refractivity contribution in [3.63, 3.8) is 0 Å². The first-order valence-electron chi connectivity index (χ1n) is 4.88. The summed E-state index contributed by atoms with van der Waals surface area (Å²) in [5.41, 5.74) is 1.06. The van der Waals surface area contributed by atoms with E-state index in [1.165, 1.54) is 0 Å². The first kappa shape index (κ1) is 13.0. The van der Waals surface area contributed by atoms with Crippen LogP contribution in [0.15, 0.2) is 12.4 Å². The Kier molecular flexibility index (Phi) is 4.75. The number of rotatable bonds is 6. The van der Waals surface area contributed by atoms with Crippen LogP contribution >= 0.6 is 0 Å². The molecule has 0 unspecified atom stereocenters. The molecule has 0 aliphatic carbocycles. The van der Waals surface area contributed by atoms with E-state index in [0.29, 0.717) is 13.1 Å². The van der Waals surface area contributed by atoms with Crippen molar-refractivity contribution in [2.24, 2.45) is 0 Å². The highest BCUT2D eigenvalue weighted by Gasteiger charge is 2.28. The van der Waals surface area contributed by atoms with Gasteiger partial charge in [0.2, 0.25) is 0 Å². The van der Waals surface area contributed by atoms with Crippen LogP contribution in [0, 0.1) is 6.92 Å². The van der Waals surface area contributed by atoms with Gasteiger partial charge in [-0.1, -0.05) is 0 Å². The highest BCUT2D eigenvalue weighted by atomic mass is 19.4. The number of hydrogen-bond donors (Lipinski definition) is 1. The summed E-state index contributed by atoms with van der Waals surface area (Å²) in [6.45, 7) is 2.90. The summed E-state index contributed by atoms with van der Waals surface area (Å²) in [6, 6.07) is 0. The molecule has 1 rings (SSSR count). The van der Waals surface area contributed by atoms with Crippen LogP contribution in [0.4, 0.5) is 13.2 Å². The molecule has 0 saturated heterocycles. The van der Waals surface area contributed by atoms with Gasteiger partial charge in [0.15, 0.2) is 0 Å². The molecule has 1 aromatic heterocycles. The van der Waals surface area contributed by atoms with Gasteiger partial charge >= 0.3 is 6.36 Å². The second-order valence-corrected chi connectivity index (χ2v) is 3.32. The van der Waals surface area contributed by atoms with E-state index in [0.717, 1.165) is 5.56 Å². The molecule has 0 fully saturated rings. The third-order valence-corrected chi connectivity index (χ3v) is 1.82. The van der Waals surface area contributed by atoms with Gasteiger partial charge in [0, 0.05) is 19.3 Å². The number of alkyl halides is 3. The Morgan fingerprint density at radius 1 is 1.44 bits per heavy atom. The number of hydrogen-bond acceptors (Lipinski definition) is 3. The summed E-state index contributed by atoms with van der Waals surface area (Å²) in [7, 11) is 0. The third kappa shape index (κ3) is 5.72. The van der Waals surface area contributed by atoms with Crippen LogP contribution in [0.3, 0.4) is 0 Å². The number of aryl methyl sites for hydroxylation is 1. The molecule has 0 amide bonds. The molecule has 92 valence electrons. The van der Waals surface area contributed by atoms with E-state index < -0.39 is 6.36 Å². The maximum atomic E-state index is 11.6. The Morgan fingerprint density at radius 3 is 2.75 bits per heavy atom. The first-order valence-corrected chi connectivity index (χ1v) is 4.88. The molecule has 0 atom stereocenters. The summed E-state index contributed by atoms with van der Waals surface area (Å²) in [4.78, 5) is 0. The smallest absolute Gasteiger partial charge is 0.313 e. The molecule has 0 saturated carbocycles. The van der Waals surface area contributed by atoms with Crippen LogP contribution in [0.2, 0.25) is 0 Å². The molecule has 1 aromatic rings. The van der Waals surface area contributed by atoms with Gasteiger partial charge in [-0.05, 0) is 12.5 Å². The molecule has 7 heteroatoms. The Balaban J connectivity index is 2.00. The van der Waals surface area contributed by atoms with Gasteiger partial charge in [0.05, 0.1) is 19.3 Å². The van der Waals surface area contributed by atoms with Crippen molar-refractivity contribution < 1.29 is 17.9 Å². The summed E-state index contributed by atoms with van der Waals surface area (Å²) < 4.78 is 40.0. The normalized spacial score (nSPS) is 12.0. The number of ether oxygens (including phenoxy) is 1. The van der Waals surface area contributed by atoms with Crippen LogP contribution < -0.4 is 5.32 Å². The minimum Gasteiger partial charge on any atom is -0.313 e. The lowest BCUT2D eigenvalue weighted by atomic mass is 10.4. The summed E-state index contributed by atoms with van der Waals surface area (Å²) in [5.74, 6) is 0. The topological polar surface area (TPSA) is 39.1 Å². The number of nitrogens with one attached hydrogen (secondary N) is 1. The fourth-order valence-corrected chi connectivity index (χ4v) is 1.15. The zero-order chi connectivity index (χ0) is 12.0. The second kappa shape index (κ2) is 5.86. The van der Waals surface area contributed by atoms with Crippen LogP contribution in [0.25, 0.3) is 0 Å². The molecule has 0 aliphatic rings. The van der Waals surface area contributed by atoms with Crippen molar-refractivity contribution in [3.05, 3.63) is 18.0 Å². The van der Waals surface area contributed by atoms with Gasteiger partial charge in [-0.3, -0.25) is 9.42 Å². The Hall–Kier alpha value is -1.08. The van der Waals surface area contributed by atoms with Gasteiger partial charge in [-0.25, -0.2) is 0 Å². The lowest BCUT2D eigenvalue weighted by Gasteiger charge is -2.08. The van der Waals surface area contributed by atoms with Crippen molar-refractivity contribution in [2.45, 2.75) is 19.8 Å². The van der Waals surface area contributed by atoms with Crippen LogP contribution in [0.1, 0.15) is 5.56 Å². The third-order valence-electron chi connectivity index (χ3n) is 1.82. The van der Waals surface area contributed by atoms with Crippen LogP contribution in [0.5, 0.6) is 0 Å². The highest BCUT2D eigenvalue weighted by Crippen LogP contribution is 2.14. The van der Waals surface area contributed by atoms with Crippen molar-refractivity contribution >= 4 is 0 Å². The molecule has 16 heavy (non-hydrogen) atoms. The van der Waals surface area contributed by atoms with E-state index in [4.69, 9.17) is 0 Å². The van der Waals surface area contributed by atoms with Gasteiger partial charge in [-0.2, -0.15) is 5.10 Å². The largest absolute Gasteiger partial charge is 0.522 e. The van der Waals surface area contributed by atoms with Crippen molar-refractivity contribution in [2.75, 3.05) is 19.7 Å². The van der Waals surface area contributed by atoms with E-state index in [2.05, 4.69) is 15.2 Å². The summed E-state index contributed by atoms with van der Waals surface area (Å²) in [6.07, 6.45) is -0.943. The van der Waals surface area contributed by atoms with Gasteiger partial charge in [0.1, 0.15) is 0 Å². The highest BCUT2D eigenvalue weighted by molar-refractivity contribution is 4.99. The number of nitrogens with zero attached hydrogens (tertiary/aromatic N) is 2. The standard InChI is InChI=1S/C9H14F3N3O/c1-8-6-14-15(7-8)4-2-13-3-5-16-9(10,11)12/h6-7,13H,2-5H2,1H3. The minimum absolute atomic E-state index is 0.166. The zero-order valence-corrected chi connectivity index (χ0v) is 8.92. The molecule has 4 nitrogen and oxygen atoms in total. The maximum Gasteiger partial charge on any atom is 0.522 e. The minimum atomic E-state index is -4.54. The van der Waals surface area contributed by atoms with Crippen LogP contribution in [-0.2, 0) is 11.3 Å². The van der Waals surface area contributed by atoms with Crippen molar-refractivity contribution in [3.8, 4) is 0 Å². The lowest BCUT2D eigenvalue weighted by molar-refractivity contribution is -0.323. The first-order chi connectivity index (χ1) is 7.47. The SMILES string of the molecule is Cc1cnn(CCNCCOC(F)(F)F)c1. The Bertz CT molecular complexity index is 311. The Morgan fingerprint density at radius 2 is 2.19 bits per heavy atom. The fraction of sp³-hybridized carbons (Fsp3) is 0.667. The summed E-state index contributed by atoms with van der Waals surface area (Å²) in [5, 5.41) is 6.87. The van der Waals surface area contributed by atoms with Crippen molar-refractivity contribution in [1.29, 1.82) is 0 Å². The van der Waals surface area contributed by atoms with E-state index in [1.54, 1.807) is 10.9 Å². The molecular formula is C9H14F3N3O. The quantitative estimate of drug-likeness (QED) is 0.758. The number of halogens is 3. The molecule has 0 aromatic carbocycles. The van der Waals surface area contributed by atoms with E-state index in [-0.39, 0.29) is 13.2 Å². The zero-order valence-electron chi connectivity index (χ0n) is 8.92.